The maximum absolute atomic E-state index is 13.7. The molecule has 38 heavy (non-hydrogen) atoms. The fraction of sp³-hybridized carbons (Fsp3) is 0.286. The highest BCUT2D eigenvalue weighted by Crippen LogP contribution is 2.26. The number of amides is 2. The number of nitrogens with zero attached hydrogens (tertiary/aromatic N) is 2. The summed E-state index contributed by atoms with van der Waals surface area (Å²) in [5.74, 6) is -0.976. The first-order valence-electron chi connectivity index (χ1n) is 12.2. The largest absolute Gasteiger partial charge is 0.494 e. The van der Waals surface area contributed by atoms with Gasteiger partial charge >= 0.3 is 0 Å². The Morgan fingerprint density at radius 3 is 2.18 bits per heavy atom. The molecule has 0 aliphatic rings. The van der Waals surface area contributed by atoms with Crippen LogP contribution in [0, 0.1) is 5.82 Å². The van der Waals surface area contributed by atoms with Crippen LogP contribution in [0.3, 0.4) is 0 Å². The van der Waals surface area contributed by atoms with Gasteiger partial charge in [-0.1, -0.05) is 30.3 Å². The molecule has 1 N–H and O–H groups in total. The number of hydrogen-bond acceptors (Lipinski definition) is 5. The van der Waals surface area contributed by atoms with Gasteiger partial charge < -0.3 is 15.0 Å². The minimum absolute atomic E-state index is 0.171. The molecule has 0 bridgehead atoms. The second-order valence-electron chi connectivity index (χ2n) is 8.51. The number of carbonyl (C=O) groups excluding carboxylic acids is 2. The Labute approximate surface area is 223 Å². The van der Waals surface area contributed by atoms with Gasteiger partial charge in [0.25, 0.3) is 10.0 Å². The highest BCUT2D eigenvalue weighted by Gasteiger charge is 2.32. The van der Waals surface area contributed by atoms with Gasteiger partial charge in [-0.2, -0.15) is 0 Å². The summed E-state index contributed by atoms with van der Waals surface area (Å²) >= 11 is 0. The quantitative estimate of drug-likeness (QED) is 0.378. The molecule has 0 radical (unpaired) electrons. The molecule has 1 unspecified atom stereocenters. The standard InChI is InChI=1S/C28H32FN3O5S/c1-4-37-25-14-12-24(13-15-25)32(38(35,36)26-16-10-23(29)11-17-26)20-27(33)31(21(2)28(34)30-3)19-18-22-8-6-5-7-9-22/h5-17,21H,4,18-20H2,1-3H3,(H,30,34). The summed E-state index contributed by atoms with van der Waals surface area (Å²) in [6.07, 6.45) is 0.474. The molecule has 202 valence electrons. The number of carbonyl (C=O) groups is 2. The summed E-state index contributed by atoms with van der Waals surface area (Å²) in [6, 6.07) is 19.3. The van der Waals surface area contributed by atoms with Crippen molar-refractivity contribution >= 4 is 27.5 Å². The predicted molar refractivity (Wildman–Crippen MR) is 144 cm³/mol. The summed E-state index contributed by atoms with van der Waals surface area (Å²) < 4.78 is 47.3. The van der Waals surface area contributed by atoms with Crippen LogP contribution in [0.5, 0.6) is 5.75 Å². The van der Waals surface area contributed by atoms with E-state index in [1.54, 1.807) is 19.1 Å². The van der Waals surface area contributed by atoms with Crippen LogP contribution in [-0.4, -0.2) is 57.9 Å². The van der Waals surface area contributed by atoms with Gasteiger partial charge in [0.2, 0.25) is 11.8 Å². The first-order chi connectivity index (χ1) is 18.2. The van der Waals surface area contributed by atoms with Gasteiger partial charge in [0, 0.05) is 13.6 Å². The fourth-order valence-electron chi connectivity index (χ4n) is 3.92. The number of ether oxygens (including phenoxy) is 1. The van der Waals surface area contributed by atoms with Crippen LogP contribution >= 0.6 is 0 Å². The molecule has 3 rings (SSSR count). The fourth-order valence-corrected chi connectivity index (χ4v) is 5.33. The zero-order chi connectivity index (χ0) is 27.7. The minimum Gasteiger partial charge on any atom is -0.494 e. The monoisotopic (exact) mass is 541 g/mol. The lowest BCUT2D eigenvalue weighted by Crippen LogP contribution is -2.51. The third kappa shape index (κ3) is 7.10. The Morgan fingerprint density at radius 2 is 1.61 bits per heavy atom. The van der Waals surface area contributed by atoms with Crippen molar-refractivity contribution in [1.82, 2.24) is 10.2 Å². The highest BCUT2D eigenvalue weighted by molar-refractivity contribution is 7.92. The van der Waals surface area contributed by atoms with Gasteiger partial charge in [0.15, 0.2) is 0 Å². The summed E-state index contributed by atoms with van der Waals surface area (Å²) in [4.78, 5) is 27.4. The predicted octanol–water partition coefficient (Wildman–Crippen LogP) is 3.63. The minimum atomic E-state index is -4.27. The third-order valence-corrected chi connectivity index (χ3v) is 7.80. The Balaban J connectivity index is 1.97. The van der Waals surface area contributed by atoms with Gasteiger partial charge in [0.1, 0.15) is 24.2 Å². The van der Waals surface area contributed by atoms with Crippen molar-refractivity contribution in [1.29, 1.82) is 0 Å². The van der Waals surface area contributed by atoms with E-state index in [0.29, 0.717) is 18.8 Å². The summed E-state index contributed by atoms with van der Waals surface area (Å²) in [5.41, 5.74) is 1.19. The van der Waals surface area contributed by atoms with Crippen LogP contribution in [0.2, 0.25) is 0 Å². The zero-order valence-corrected chi connectivity index (χ0v) is 22.4. The number of hydrogen-bond donors (Lipinski definition) is 1. The Kier molecular flexibility index (Phi) is 9.84. The number of benzene rings is 3. The van der Waals surface area contributed by atoms with Crippen LogP contribution in [0.1, 0.15) is 19.4 Å². The maximum Gasteiger partial charge on any atom is 0.264 e. The first-order valence-corrected chi connectivity index (χ1v) is 13.7. The van der Waals surface area contributed by atoms with E-state index >= 15 is 0 Å². The number of rotatable bonds is 12. The molecule has 0 fully saturated rings. The van der Waals surface area contributed by atoms with E-state index < -0.39 is 34.3 Å². The average molecular weight is 542 g/mol. The molecule has 0 aliphatic heterocycles. The second kappa shape index (κ2) is 13.0. The van der Waals surface area contributed by atoms with Crippen LogP contribution in [-0.2, 0) is 26.0 Å². The highest BCUT2D eigenvalue weighted by atomic mass is 32.2. The van der Waals surface area contributed by atoms with Crippen molar-refractivity contribution in [3.8, 4) is 5.75 Å². The number of likely N-dealkylation sites (N-methyl/N-ethyl adjacent to an activating group) is 1. The number of sulfonamides is 1. The number of nitrogens with one attached hydrogen (secondary N) is 1. The zero-order valence-electron chi connectivity index (χ0n) is 21.6. The Hall–Kier alpha value is -3.92. The lowest BCUT2D eigenvalue weighted by atomic mass is 10.1. The number of halogens is 1. The van der Waals surface area contributed by atoms with Crippen molar-refractivity contribution in [2.75, 3.05) is 31.0 Å². The third-order valence-electron chi connectivity index (χ3n) is 6.01. The van der Waals surface area contributed by atoms with Gasteiger partial charge in [-0.25, -0.2) is 12.8 Å². The van der Waals surface area contributed by atoms with Crippen LogP contribution in [0.4, 0.5) is 10.1 Å². The van der Waals surface area contributed by atoms with E-state index in [1.165, 1.54) is 24.1 Å². The van der Waals surface area contributed by atoms with E-state index in [2.05, 4.69) is 5.32 Å². The molecule has 0 aromatic heterocycles. The molecule has 2 amide bonds. The molecule has 10 heteroatoms. The van der Waals surface area contributed by atoms with E-state index in [9.17, 15) is 22.4 Å². The van der Waals surface area contributed by atoms with E-state index in [1.807, 2.05) is 37.3 Å². The lowest BCUT2D eigenvalue weighted by Gasteiger charge is -2.31. The van der Waals surface area contributed by atoms with Gasteiger partial charge in [-0.15, -0.1) is 0 Å². The Bertz CT molecular complexity index is 1320. The summed E-state index contributed by atoms with van der Waals surface area (Å²) in [7, 11) is -2.79. The van der Waals surface area contributed by atoms with E-state index in [-0.39, 0.29) is 23.0 Å². The first kappa shape index (κ1) is 28.6. The SMILES string of the molecule is CCOc1ccc(N(CC(=O)N(CCc2ccccc2)C(C)C(=O)NC)S(=O)(=O)c2ccc(F)cc2)cc1. The normalized spacial score (nSPS) is 11.9. The average Bonchev–Trinajstić information content (AvgIpc) is 2.92. The van der Waals surface area contributed by atoms with E-state index in [4.69, 9.17) is 4.74 Å². The van der Waals surface area contributed by atoms with Crippen LogP contribution < -0.4 is 14.4 Å². The smallest absolute Gasteiger partial charge is 0.264 e. The molecular formula is C28H32FN3O5S. The van der Waals surface area contributed by atoms with Gasteiger partial charge in [-0.3, -0.25) is 13.9 Å². The molecule has 0 aliphatic carbocycles. The molecular weight excluding hydrogens is 509 g/mol. The van der Waals surface area contributed by atoms with Gasteiger partial charge in [-0.05, 0) is 74.4 Å². The maximum atomic E-state index is 13.7. The lowest BCUT2D eigenvalue weighted by molar-refractivity contribution is -0.138. The summed E-state index contributed by atoms with van der Waals surface area (Å²) in [5, 5.41) is 2.55. The van der Waals surface area contributed by atoms with Crippen molar-refractivity contribution in [2.24, 2.45) is 0 Å². The molecule has 8 nitrogen and oxygen atoms in total. The molecule has 0 saturated heterocycles. The molecule has 0 spiro atoms. The van der Waals surface area contributed by atoms with Gasteiger partial charge in [0.05, 0.1) is 17.2 Å². The molecule has 0 heterocycles. The van der Waals surface area contributed by atoms with Crippen molar-refractivity contribution < 1.29 is 27.1 Å². The van der Waals surface area contributed by atoms with Crippen molar-refractivity contribution in [3.63, 3.8) is 0 Å². The molecule has 3 aromatic rings. The molecule has 0 saturated carbocycles. The Morgan fingerprint density at radius 1 is 0.974 bits per heavy atom. The summed E-state index contributed by atoms with van der Waals surface area (Å²) in [6.45, 7) is 3.49. The van der Waals surface area contributed by atoms with Crippen molar-refractivity contribution in [3.05, 3.63) is 90.2 Å². The number of anilines is 1. The molecule has 1 atom stereocenters. The van der Waals surface area contributed by atoms with Crippen molar-refractivity contribution in [2.45, 2.75) is 31.2 Å². The van der Waals surface area contributed by atoms with E-state index in [0.717, 1.165) is 34.1 Å². The second-order valence-corrected chi connectivity index (χ2v) is 10.4. The van der Waals surface area contributed by atoms with Crippen LogP contribution in [0.15, 0.2) is 83.8 Å². The van der Waals surface area contributed by atoms with Crippen LogP contribution in [0.25, 0.3) is 0 Å². The molecule has 3 aromatic carbocycles. The topological polar surface area (TPSA) is 96.0 Å².